The first-order valence-electron chi connectivity index (χ1n) is 6.62. The van der Waals surface area contributed by atoms with E-state index in [0.717, 1.165) is 26.9 Å². The molecule has 0 saturated heterocycles. The van der Waals surface area contributed by atoms with Crippen LogP contribution in [0.25, 0.3) is 0 Å². The van der Waals surface area contributed by atoms with Crippen LogP contribution in [0.1, 0.15) is 35.3 Å². The Kier molecular flexibility index (Phi) is 4.51. The monoisotopic (exact) mass is 334 g/mol. The Balaban J connectivity index is 2.48. The summed E-state index contributed by atoms with van der Waals surface area (Å²) in [7, 11) is 0. The zero-order valence-corrected chi connectivity index (χ0v) is 13.8. The van der Waals surface area contributed by atoms with Gasteiger partial charge in [0.1, 0.15) is 11.5 Å². The van der Waals surface area contributed by atoms with Crippen molar-refractivity contribution in [2.24, 2.45) is 0 Å². The highest BCUT2D eigenvalue weighted by atomic mass is 79.9. The number of ether oxygens (including phenoxy) is 1. The average molecular weight is 335 g/mol. The Morgan fingerprint density at radius 3 is 2.35 bits per heavy atom. The first-order valence-corrected chi connectivity index (χ1v) is 7.41. The van der Waals surface area contributed by atoms with E-state index >= 15 is 0 Å². The van der Waals surface area contributed by atoms with Gasteiger partial charge in [-0.05, 0) is 62.6 Å². The smallest absolute Gasteiger partial charge is 0.133 e. The van der Waals surface area contributed by atoms with Crippen LogP contribution in [0.5, 0.6) is 11.5 Å². The van der Waals surface area contributed by atoms with Crippen LogP contribution in [0.2, 0.25) is 0 Å². The number of benzene rings is 2. The predicted molar refractivity (Wildman–Crippen MR) is 85.5 cm³/mol. The van der Waals surface area contributed by atoms with E-state index in [-0.39, 0.29) is 0 Å². The molecule has 106 valence electrons. The summed E-state index contributed by atoms with van der Waals surface area (Å²) in [6.45, 7) is 7.89. The van der Waals surface area contributed by atoms with Crippen molar-refractivity contribution in [3.05, 3.63) is 57.1 Å². The molecule has 1 atom stereocenters. The largest absolute Gasteiger partial charge is 0.456 e. The van der Waals surface area contributed by atoms with Gasteiger partial charge in [-0.2, -0.15) is 0 Å². The number of aliphatic hydroxyl groups excluding tert-OH is 1. The van der Waals surface area contributed by atoms with E-state index in [9.17, 15) is 5.11 Å². The van der Waals surface area contributed by atoms with Crippen LogP contribution < -0.4 is 4.74 Å². The normalized spacial score (nSPS) is 12.3. The molecule has 0 radical (unpaired) electrons. The van der Waals surface area contributed by atoms with Gasteiger partial charge in [0, 0.05) is 10.0 Å². The Hall–Kier alpha value is -1.32. The number of hydrogen-bond acceptors (Lipinski definition) is 2. The van der Waals surface area contributed by atoms with Crippen LogP contribution in [-0.2, 0) is 0 Å². The molecule has 2 nitrogen and oxygen atoms in total. The van der Waals surface area contributed by atoms with Gasteiger partial charge in [-0.15, -0.1) is 0 Å². The molecule has 0 aromatic heterocycles. The van der Waals surface area contributed by atoms with Crippen molar-refractivity contribution >= 4 is 15.9 Å². The van der Waals surface area contributed by atoms with Gasteiger partial charge < -0.3 is 9.84 Å². The van der Waals surface area contributed by atoms with Gasteiger partial charge in [-0.3, -0.25) is 0 Å². The van der Waals surface area contributed by atoms with Gasteiger partial charge in [0.25, 0.3) is 0 Å². The van der Waals surface area contributed by atoms with E-state index in [4.69, 9.17) is 4.74 Å². The summed E-state index contributed by atoms with van der Waals surface area (Å²) >= 11 is 3.42. The highest BCUT2D eigenvalue weighted by Gasteiger charge is 2.13. The molecule has 1 N–H and O–H groups in total. The minimum absolute atomic E-state index is 0.576. The number of hydrogen-bond donors (Lipinski definition) is 1. The quantitative estimate of drug-likeness (QED) is 0.833. The maximum atomic E-state index is 9.90. The summed E-state index contributed by atoms with van der Waals surface area (Å²) in [5.74, 6) is 1.56. The van der Waals surface area contributed by atoms with E-state index in [1.807, 2.05) is 25.1 Å². The van der Waals surface area contributed by atoms with Crippen LogP contribution >= 0.6 is 15.9 Å². The Bertz CT molecular complexity index is 633. The highest BCUT2D eigenvalue weighted by Crippen LogP contribution is 2.35. The van der Waals surface area contributed by atoms with Crippen molar-refractivity contribution < 1.29 is 9.84 Å². The highest BCUT2D eigenvalue weighted by molar-refractivity contribution is 9.10. The fourth-order valence-electron chi connectivity index (χ4n) is 2.13. The number of aliphatic hydroxyl groups is 1. The Labute approximate surface area is 128 Å². The second kappa shape index (κ2) is 5.98. The SMILES string of the molecule is Cc1ccc(C)c(Oc2ccc(Br)cc2C(C)O)c1C. The molecule has 2 rings (SSSR count). The third kappa shape index (κ3) is 3.05. The first-order chi connectivity index (χ1) is 9.40. The van der Waals surface area contributed by atoms with Crippen molar-refractivity contribution in [2.75, 3.05) is 0 Å². The third-order valence-corrected chi connectivity index (χ3v) is 4.00. The summed E-state index contributed by atoms with van der Waals surface area (Å²) in [6, 6.07) is 9.84. The summed E-state index contributed by atoms with van der Waals surface area (Å²) in [4.78, 5) is 0. The molecule has 3 heteroatoms. The fourth-order valence-corrected chi connectivity index (χ4v) is 2.51. The van der Waals surface area contributed by atoms with Crippen LogP contribution in [0.15, 0.2) is 34.8 Å². The molecular formula is C17H19BrO2. The molecule has 1 unspecified atom stereocenters. The number of halogens is 1. The molecule has 0 aliphatic heterocycles. The lowest BCUT2D eigenvalue weighted by Gasteiger charge is -2.17. The second-order valence-corrected chi connectivity index (χ2v) is 6.03. The molecule has 0 fully saturated rings. The Morgan fingerprint density at radius 1 is 1.05 bits per heavy atom. The lowest BCUT2D eigenvalue weighted by molar-refractivity contribution is 0.195. The van der Waals surface area contributed by atoms with Crippen molar-refractivity contribution in [2.45, 2.75) is 33.8 Å². The lowest BCUT2D eigenvalue weighted by Crippen LogP contribution is -1.99. The van der Waals surface area contributed by atoms with Crippen molar-refractivity contribution in [1.29, 1.82) is 0 Å². The zero-order valence-electron chi connectivity index (χ0n) is 12.2. The van der Waals surface area contributed by atoms with E-state index < -0.39 is 6.10 Å². The molecule has 0 bridgehead atoms. The molecule has 2 aromatic rings. The van der Waals surface area contributed by atoms with Gasteiger partial charge >= 0.3 is 0 Å². The standard InChI is InChI=1S/C17H19BrO2/c1-10-5-6-11(2)17(12(10)3)20-16-8-7-14(18)9-15(16)13(4)19/h5-9,13,19H,1-4H3. The first kappa shape index (κ1) is 15.1. The maximum Gasteiger partial charge on any atom is 0.133 e. The summed E-state index contributed by atoms with van der Waals surface area (Å²) in [5.41, 5.74) is 4.19. The summed E-state index contributed by atoms with van der Waals surface area (Å²) in [5, 5.41) is 9.90. The molecule has 0 amide bonds. The van der Waals surface area contributed by atoms with E-state index in [0.29, 0.717) is 5.75 Å². The molecule has 0 saturated carbocycles. The molecule has 2 aromatic carbocycles. The van der Waals surface area contributed by atoms with Gasteiger partial charge in [0.15, 0.2) is 0 Å². The maximum absolute atomic E-state index is 9.90. The minimum Gasteiger partial charge on any atom is -0.456 e. The molecule has 0 aliphatic carbocycles. The zero-order chi connectivity index (χ0) is 14.9. The summed E-state index contributed by atoms with van der Waals surface area (Å²) < 4.78 is 7.02. The van der Waals surface area contributed by atoms with Gasteiger partial charge in [0.2, 0.25) is 0 Å². The van der Waals surface area contributed by atoms with E-state index in [2.05, 4.69) is 41.9 Å². The molecule has 0 spiro atoms. The van der Waals surface area contributed by atoms with Gasteiger partial charge in [-0.25, -0.2) is 0 Å². The topological polar surface area (TPSA) is 29.5 Å². The number of rotatable bonds is 3. The molecule has 0 aliphatic rings. The van der Waals surface area contributed by atoms with Crippen molar-refractivity contribution in [3.63, 3.8) is 0 Å². The number of aryl methyl sites for hydroxylation is 2. The predicted octanol–water partition coefficient (Wildman–Crippen LogP) is 5.22. The molecule has 20 heavy (non-hydrogen) atoms. The second-order valence-electron chi connectivity index (χ2n) is 5.11. The fraction of sp³-hybridized carbons (Fsp3) is 0.294. The van der Waals surface area contributed by atoms with Gasteiger partial charge in [0.05, 0.1) is 6.10 Å². The van der Waals surface area contributed by atoms with Crippen LogP contribution in [0.4, 0.5) is 0 Å². The average Bonchev–Trinajstić information content (AvgIpc) is 2.40. The molecular weight excluding hydrogens is 316 g/mol. The van der Waals surface area contributed by atoms with Crippen LogP contribution in [-0.4, -0.2) is 5.11 Å². The van der Waals surface area contributed by atoms with Crippen molar-refractivity contribution in [1.82, 2.24) is 0 Å². The third-order valence-electron chi connectivity index (χ3n) is 3.51. The Morgan fingerprint density at radius 2 is 1.70 bits per heavy atom. The minimum atomic E-state index is -0.576. The van der Waals surface area contributed by atoms with Crippen LogP contribution in [0.3, 0.4) is 0 Å². The van der Waals surface area contributed by atoms with Crippen LogP contribution in [0, 0.1) is 20.8 Å². The lowest BCUT2D eigenvalue weighted by atomic mass is 10.0. The van der Waals surface area contributed by atoms with E-state index in [1.165, 1.54) is 5.56 Å². The van der Waals surface area contributed by atoms with E-state index in [1.54, 1.807) is 6.92 Å². The van der Waals surface area contributed by atoms with Gasteiger partial charge in [-0.1, -0.05) is 28.1 Å². The molecule has 0 heterocycles. The summed E-state index contributed by atoms with van der Waals surface area (Å²) in [6.07, 6.45) is -0.576. The van der Waals surface area contributed by atoms with Crippen molar-refractivity contribution in [3.8, 4) is 11.5 Å².